The molecule has 0 spiro atoms. The Balaban J connectivity index is 1.99. The zero-order valence-electron chi connectivity index (χ0n) is 14.7. The molecule has 0 saturated carbocycles. The molecule has 1 atom stereocenters. The second kappa shape index (κ2) is 8.98. The van der Waals surface area contributed by atoms with Crippen LogP contribution in [-0.4, -0.2) is 75.5 Å². The van der Waals surface area contributed by atoms with Crippen LogP contribution in [0.15, 0.2) is 24.3 Å². The van der Waals surface area contributed by atoms with Crippen LogP contribution in [0.25, 0.3) is 0 Å². The summed E-state index contributed by atoms with van der Waals surface area (Å²) >= 11 is 6.17. The van der Waals surface area contributed by atoms with Gasteiger partial charge in [0.1, 0.15) is 0 Å². The number of rotatable bonds is 8. The number of halogens is 1. The van der Waals surface area contributed by atoms with Crippen molar-refractivity contribution >= 4 is 27.3 Å². The van der Waals surface area contributed by atoms with Gasteiger partial charge in [-0.1, -0.05) is 29.8 Å². The van der Waals surface area contributed by atoms with Gasteiger partial charge in [-0.15, -0.1) is 0 Å². The van der Waals surface area contributed by atoms with Gasteiger partial charge in [-0.2, -0.15) is 0 Å². The molecular formula is C17H25ClN2O4S. The molecule has 0 aromatic heterocycles. The lowest BCUT2D eigenvalue weighted by Gasteiger charge is -2.30. The summed E-state index contributed by atoms with van der Waals surface area (Å²) in [6.45, 7) is 1.53. The first kappa shape index (κ1) is 20.2. The van der Waals surface area contributed by atoms with E-state index in [0.717, 1.165) is 5.56 Å². The molecular weight excluding hydrogens is 364 g/mol. The molecule has 1 aromatic carbocycles. The molecule has 0 N–H and O–H groups in total. The molecule has 0 radical (unpaired) electrons. The minimum atomic E-state index is -3.05. The number of methoxy groups -OCH3 is 1. The number of nitrogens with zero attached hydrogens (tertiary/aromatic N) is 2. The maximum atomic E-state index is 12.7. The van der Waals surface area contributed by atoms with Gasteiger partial charge in [0, 0.05) is 31.3 Å². The van der Waals surface area contributed by atoms with Crippen molar-refractivity contribution in [1.82, 2.24) is 9.80 Å². The molecule has 1 aromatic rings. The van der Waals surface area contributed by atoms with E-state index in [9.17, 15) is 13.2 Å². The van der Waals surface area contributed by atoms with Crippen LogP contribution in [0.5, 0.6) is 0 Å². The molecule has 8 heteroatoms. The third-order valence-electron chi connectivity index (χ3n) is 4.31. The van der Waals surface area contributed by atoms with E-state index in [0.29, 0.717) is 31.1 Å². The average molecular weight is 389 g/mol. The summed E-state index contributed by atoms with van der Waals surface area (Å²) in [5.41, 5.74) is 0.950. The van der Waals surface area contributed by atoms with Gasteiger partial charge in [-0.25, -0.2) is 8.42 Å². The number of carbonyl (C=O) groups is 1. The van der Waals surface area contributed by atoms with Crippen molar-refractivity contribution in [1.29, 1.82) is 0 Å². The summed E-state index contributed by atoms with van der Waals surface area (Å²) in [4.78, 5) is 16.3. The molecule has 1 unspecified atom stereocenters. The van der Waals surface area contributed by atoms with Crippen LogP contribution in [0.1, 0.15) is 12.0 Å². The van der Waals surface area contributed by atoms with Gasteiger partial charge in [0.05, 0.1) is 24.7 Å². The Kier molecular flexibility index (Phi) is 7.25. The highest BCUT2D eigenvalue weighted by Crippen LogP contribution is 2.19. The Hall–Kier alpha value is -1.15. The van der Waals surface area contributed by atoms with Gasteiger partial charge in [-0.3, -0.25) is 9.69 Å². The highest BCUT2D eigenvalue weighted by molar-refractivity contribution is 7.91. The zero-order chi connectivity index (χ0) is 18.4. The second-order valence-electron chi connectivity index (χ2n) is 6.40. The van der Waals surface area contributed by atoms with Crippen LogP contribution in [-0.2, 0) is 25.9 Å². The van der Waals surface area contributed by atoms with Gasteiger partial charge in [-0.05, 0) is 25.1 Å². The largest absolute Gasteiger partial charge is 0.383 e. The highest BCUT2D eigenvalue weighted by Gasteiger charge is 2.34. The smallest absolute Gasteiger partial charge is 0.237 e. The van der Waals surface area contributed by atoms with Crippen LogP contribution < -0.4 is 0 Å². The lowest BCUT2D eigenvalue weighted by Crippen LogP contribution is -2.47. The number of carbonyl (C=O) groups excluding carboxylic acids is 1. The Morgan fingerprint density at radius 3 is 2.68 bits per heavy atom. The SMILES string of the molecule is COCCN(C(=O)CN(C)Cc1ccccc1Cl)C1CCS(=O)(=O)C1. The summed E-state index contributed by atoms with van der Waals surface area (Å²) in [7, 11) is 0.368. The quantitative estimate of drug-likeness (QED) is 0.674. The zero-order valence-corrected chi connectivity index (χ0v) is 16.2. The van der Waals surface area contributed by atoms with Gasteiger partial charge < -0.3 is 9.64 Å². The van der Waals surface area contributed by atoms with Crippen LogP contribution in [0.4, 0.5) is 0 Å². The molecule has 2 rings (SSSR count). The van der Waals surface area contributed by atoms with Crippen LogP contribution in [0.3, 0.4) is 0 Å². The Morgan fingerprint density at radius 2 is 2.08 bits per heavy atom. The first-order valence-electron chi connectivity index (χ1n) is 8.23. The standard InChI is InChI=1S/C17H25ClN2O4S/c1-19(11-14-5-3-4-6-16(14)18)12-17(21)20(8-9-24-2)15-7-10-25(22,23)13-15/h3-6,15H,7-13H2,1-2H3. The summed E-state index contributed by atoms with van der Waals surface area (Å²) in [6.07, 6.45) is 0.492. The fourth-order valence-electron chi connectivity index (χ4n) is 3.02. The normalized spacial score (nSPS) is 19.3. The highest BCUT2D eigenvalue weighted by atomic mass is 35.5. The van der Waals surface area contributed by atoms with E-state index in [4.69, 9.17) is 16.3 Å². The lowest BCUT2D eigenvalue weighted by atomic mass is 10.2. The number of benzene rings is 1. The van der Waals surface area contributed by atoms with E-state index < -0.39 is 9.84 Å². The molecule has 140 valence electrons. The van der Waals surface area contributed by atoms with E-state index in [-0.39, 0.29) is 30.0 Å². The molecule has 1 heterocycles. The topological polar surface area (TPSA) is 66.9 Å². The van der Waals surface area contributed by atoms with Crippen molar-refractivity contribution in [2.75, 3.05) is 45.4 Å². The van der Waals surface area contributed by atoms with E-state index >= 15 is 0 Å². The van der Waals surface area contributed by atoms with Gasteiger partial charge in [0.15, 0.2) is 9.84 Å². The number of likely N-dealkylation sites (N-methyl/N-ethyl adjacent to an activating group) is 1. The minimum absolute atomic E-state index is 0.0384. The molecule has 25 heavy (non-hydrogen) atoms. The van der Waals surface area contributed by atoms with E-state index in [1.54, 1.807) is 12.0 Å². The first-order valence-corrected chi connectivity index (χ1v) is 10.4. The second-order valence-corrected chi connectivity index (χ2v) is 9.04. The third kappa shape index (κ3) is 5.95. The minimum Gasteiger partial charge on any atom is -0.383 e. The van der Waals surface area contributed by atoms with Crippen molar-refractivity contribution in [3.63, 3.8) is 0 Å². The molecule has 0 aliphatic carbocycles. The third-order valence-corrected chi connectivity index (χ3v) is 6.43. The van der Waals surface area contributed by atoms with Gasteiger partial charge in [0.2, 0.25) is 5.91 Å². The lowest BCUT2D eigenvalue weighted by molar-refractivity contribution is -0.134. The summed E-state index contributed by atoms with van der Waals surface area (Å²) in [5, 5.41) is 0.667. The number of amides is 1. The van der Waals surface area contributed by atoms with Gasteiger partial charge >= 0.3 is 0 Å². The van der Waals surface area contributed by atoms with Crippen LogP contribution >= 0.6 is 11.6 Å². The van der Waals surface area contributed by atoms with E-state index in [2.05, 4.69) is 0 Å². The summed E-state index contributed by atoms with van der Waals surface area (Å²) < 4.78 is 28.6. The Morgan fingerprint density at radius 1 is 1.36 bits per heavy atom. The molecule has 1 amide bonds. The van der Waals surface area contributed by atoms with Crippen molar-refractivity contribution in [2.24, 2.45) is 0 Å². The fraction of sp³-hybridized carbons (Fsp3) is 0.588. The number of sulfone groups is 1. The van der Waals surface area contributed by atoms with Crippen molar-refractivity contribution in [3.8, 4) is 0 Å². The molecule has 1 saturated heterocycles. The predicted molar refractivity (Wildman–Crippen MR) is 98.4 cm³/mol. The number of hydrogen-bond donors (Lipinski definition) is 0. The average Bonchev–Trinajstić information content (AvgIpc) is 2.89. The Labute approximate surface area is 154 Å². The number of ether oxygens (including phenoxy) is 1. The van der Waals surface area contributed by atoms with E-state index in [1.807, 2.05) is 36.2 Å². The summed E-state index contributed by atoms with van der Waals surface area (Å²) in [6, 6.07) is 7.26. The van der Waals surface area contributed by atoms with Crippen LogP contribution in [0, 0.1) is 0 Å². The maximum Gasteiger partial charge on any atom is 0.237 e. The monoisotopic (exact) mass is 388 g/mol. The van der Waals surface area contributed by atoms with Gasteiger partial charge in [0.25, 0.3) is 0 Å². The molecule has 1 aliphatic heterocycles. The van der Waals surface area contributed by atoms with E-state index in [1.165, 1.54) is 0 Å². The molecule has 0 bridgehead atoms. The number of hydrogen-bond acceptors (Lipinski definition) is 5. The molecule has 1 aliphatic rings. The maximum absolute atomic E-state index is 12.7. The molecule has 6 nitrogen and oxygen atoms in total. The van der Waals surface area contributed by atoms with Crippen molar-refractivity contribution in [3.05, 3.63) is 34.9 Å². The summed E-state index contributed by atoms with van der Waals surface area (Å²) in [5.74, 6) is 0.0920. The fourth-order valence-corrected chi connectivity index (χ4v) is 4.94. The Bertz CT molecular complexity index is 696. The predicted octanol–water partition coefficient (Wildman–Crippen LogP) is 1.43. The first-order chi connectivity index (χ1) is 11.8. The van der Waals surface area contributed by atoms with Crippen molar-refractivity contribution < 1.29 is 17.9 Å². The molecule has 1 fully saturated rings. The van der Waals surface area contributed by atoms with Crippen LogP contribution in [0.2, 0.25) is 5.02 Å². The van der Waals surface area contributed by atoms with Crippen molar-refractivity contribution in [2.45, 2.75) is 19.0 Å².